The highest BCUT2D eigenvalue weighted by Crippen LogP contribution is 2.24. The molecule has 0 aliphatic carbocycles. The molecule has 0 fully saturated rings. The molecule has 0 unspecified atom stereocenters. The van der Waals surface area contributed by atoms with Crippen molar-refractivity contribution in [1.29, 1.82) is 0 Å². The molecule has 2 N–H and O–H groups in total. The highest BCUT2D eigenvalue weighted by atomic mass is 32.1. The Morgan fingerprint density at radius 2 is 2.05 bits per heavy atom. The number of thiophene rings is 1. The van der Waals surface area contributed by atoms with Gasteiger partial charge in [0.25, 0.3) is 0 Å². The second-order valence-corrected chi connectivity index (χ2v) is 6.91. The lowest BCUT2D eigenvalue weighted by atomic mass is 10.2. The van der Waals surface area contributed by atoms with Crippen molar-refractivity contribution < 1.29 is 4.79 Å². The maximum Gasteiger partial charge on any atom is 0.220 e. The molecule has 2 aromatic heterocycles. The highest BCUT2D eigenvalue weighted by Gasteiger charge is 2.04. The first-order valence-electron chi connectivity index (χ1n) is 7.20. The Hall–Kier alpha value is -1.92. The molecule has 0 saturated heterocycles. The van der Waals surface area contributed by atoms with Crippen LogP contribution in [0.3, 0.4) is 0 Å². The molecule has 22 heavy (non-hydrogen) atoms. The number of amides is 1. The van der Waals surface area contributed by atoms with Crippen LogP contribution in [-0.4, -0.2) is 24.0 Å². The van der Waals surface area contributed by atoms with Crippen LogP contribution in [-0.2, 0) is 11.2 Å². The Labute approximate surface area is 137 Å². The number of hydrogen-bond acceptors (Lipinski definition) is 5. The summed E-state index contributed by atoms with van der Waals surface area (Å²) in [5, 5.41) is 9.12. The summed E-state index contributed by atoms with van der Waals surface area (Å²) in [6.07, 6.45) is 1.36. The average Bonchev–Trinajstić information content (AvgIpc) is 3.18. The molecular formula is C16H17N3OS2. The van der Waals surface area contributed by atoms with Crippen molar-refractivity contribution in [3.05, 3.63) is 46.7 Å². The molecule has 0 saturated carbocycles. The largest absolute Gasteiger partial charge is 0.360 e. The van der Waals surface area contributed by atoms with Crippen LogP contribution in [0.15, 0.2) is 41.8 Å². The van der Waals surface area contributed by atoms with Gasteiger partial charge in [-0.05, 0) is 30.0 Å². The second kappa shape index (κ2) is 7.38. The van der Waals surface area contributed by atoms with E-state index in [-0.39, 0.29) is 5.91 Å². The Kier molecular flexibility index (Phi) is 5.03. The molecule has 4 nitrogen and oxygen atoms in total. The van der Waals surface area contributed by atoms with Crippen LogP contribution < -0.4 is 10.6 Å². The molecule has 0 aliphatic heterocycles. The van der Waals surface area contributed by atoms with Crippen LogP contribution in [0.4, 0.5) is 5.13 Å². The van der Waals surface area contributed by atoms with E-state index in [1.165, 1.54) is 9.58 Å². The van der Waals surface area contributed by atoms with Crippen molar-refractivity contribution in [2.75, 3.05) is 18.4 Å². The molecule has 1 aromatic carbocycles. The molecule has 0 aliphatic rings. The third-order valence-corrected chi connectivity index (χ3v) is 5.13. The van der Waals surface area contributed by atoms with E-state index in [9.17, 15) is 4.79 Å². The van der Waals surface area contributed by atoms with Crippen LogP contribution in [0.1, 0.15) is 11.3 Å². The number of nitrogens with zero attached hydrogens (tertiary/aromatic N) is 1. The molecule has 2 heterocycles. The molecule has 6 heteroatoms. The van der Waals surface area contributed by atoms with Crippen molar-refractivity contribution >= 4 is 43.9 Å². The lowest BCUT2D eigenvalue weighted by molar-refractivity contribution is -0.120. The van der Waals surface area contributed by atoms with Gasteiger partial charge in [0.2, 0.25) is 5.91 Å². The standard InChI is InChI=1S/C16H17N3OS2/c20-15(8-7-12-4-3-11-21-12)17-9-10-18-16-19-13-5-1-2-6-14(13)22-16/h1-6,11H,7-10H2,(H,17,20)(H,18,19). The minimum atomic E-state index is 0.0968. The topological polar surface area (TPSA) is 54.0 Å². The van der Waals surface area contributed by atoms with Crippen LogP contribution in [0.5, 0.6) is 0 Å². The first kappa shape index (κ1) is 15.0. The van der Waals surface area contributed by atoms with Crippen LogP contribution in [0, 0.1) is 0 Å². The highest BCUT2D eigenvalue weighted by molar-refractivity contribution is 7.22. The van der Waals surface area contributed by atoms with Gasteiger partial charge in [-0.2, -0.15) is 0 Å². The minimum Gasteiger partial charge on any atom is -0.360 e. The first-order valence-corrected chi connectivity index (χ1v) is 8.89. The average molecular weight is 331 g/mol. The Balaban J connectivity index is 1.37. The normalized spacial score (nSPS) is 10.7. The molecule has 0 spiro atoms. The summed E-state index contributed by atoms with van der Waals surface area (Å²) in [4.78, 5) is 17.5. The Morgan fingerprint density at radius 1 is 1.14 bits per heavy atom. The molecule has 0 radical (unpaired) electrons. The van der Waals surface area contributed by atoms with Crippen LogP contribution in [0.2, 0.25) is 0 Å². The van der Waals surface area contributed by atoms with E-state index in [4.69, 9.17) is 0 Å². The zero-order chi connectivity index (χ0) is 15.2. The number of aryl methyl sites for hydroxylation is 1. The second-order valence-electron chi connectivity index (χ2n) is 4.84. The number of carbonyl (C=O) groups excluding carboxylic acids is 1. The van der Waals surface area contributed by atoms with E-state index in [1.807, 2.05) is 29.6 Å². The van der Waals surface area contributed by atoms with E-state index in [0.717, 1.165) is 17.1 Å². The third-order valence-electron chi connectivity index (χ3n) is 3.20. The fourth-order valence-electron chi connectivity index (χ4n) is 2.10. The molecule has 114 valence electrons. The van der Waals surface area contributed by atoms with E-state index in [0.29, 0.717) is 19.5 Å². The lowest BCUT2D eigenvalue weighted by Gasteiger charge is -2.05. The number of aromatic nitrogens is 1. The monoisotopic (exact) mass is 331 g/mol. The van der Waals surface area contributed by atoms with Gasteiger partial charge in [-0.1, -0.05) is 29.5 Å². The van der Waals surface area contributed by atoms with Crippen molar-refractivity contribution in [2.24, 2.45) is 0 Å². The van der Waals surface area contributed by atoms with Gasteiger partial charge < -0.3 is 10.6 Å². The third kappa shape index (κ3) is 4.05. The van der Waals surface area contributed by atoms with Crippen molar-refractivity contribution in [3.8, 4) is 0 Å². The van der Waals surface area contributed by atoms with Gasteiger partial charge in [0.15, 0.2) is 5.13 Å². The number of benzene rings is 1. The zero-order valence-corrected chi connectivity index (χ0v) is 13.7. The summed E-state index contributed by atoms with van der Waals surface area (Å²) < 4.78 is 1.17. The smallest absolute Gasteiger partial charge is 0.220 e. The van der Waals surface area contributed by atoms with Crippen molar-refractivity contribution in [2.45, 2.75) is 12.8 Å². The Bertz CT molecular complexity index is 704. The van der Waals surface area contributed by atoms with E-state index in [2.05, 4.69) is 27.8 Å². The molecule has 3 aromatic rings. The Morgan fingerprint density at radius 3 is 2.86 bits per heavy atom. The number of nitrogens with one attached hydrogen (secondary N) is 2. The SMILES string of the molecule is O=C(CCc1cccs1)NCCNc1nc2ccccc2s1. The van der Waals surface area contributed by atoms with E-state index < -0.39 is 0 Å². The van der Waals surface area contributed by atoms with Gasteiger partial charge >= 0.3 is 0 Å². The minimum absolute atomic E-state index is 0.0968. The van der Waals surface area contributed by atoms with Gasteiger partial charge in [-0.3, -0.25) is 4.79 Å². The fourth-order valence-corrected chi connectivity index (χ4v) is 3.70. The first-order chi connectivity index (χ1) is 10.8. The zero-order valence-electron chi connectivity index (χ0n) is 12.0. The number of para-hydroxylation sites is 1. The van der Waals surface area contributed by atoms with Crippen LogP contribution >= 0.6 is 22.7 Å². The summed E-state index contributed by atoms with van der Waals surface area (Å²) in [6, 6.07) is 12.1. The molecular weight excluding hydrogens is 314 g/mol. The quantitative estimate of drug-likeness (QED) is 0.651. The van der Waals surface area contributed by atoms with Crippen molar-refractivity contribution in [3.63, 3.8) is 0 Å². The van der Waals surface area contributed by atoms with Gasteiger partial charge in [0.1, 0.15) is 0 Å². The number of rotatable bonds is 7. The number of carbonyl (C=O) groups is 1. The number of anilines is 1. The molecule has 0 atom stereocenters. The molecule has 3 rings (SSSR count). The molecule has 1 amide bonds. The van der Waals surface area contributed by atoms with Crippen molar-refractivity contribution in [1.82, 2.24) is 10.3 Å². The maximum absolute atomic E-state index is 11.7. The summed E-state index contributed by atoms with van der Waals surface area (Å²) in [7, 11) is 0. The number of fused-ring (bicyclic) bond motifs is 1. The number of thiazole rings is 1. The number of hydrogen-bond donors (Lipinski definition) is 2. The fraction of sp³-hybridized carbons (Fsp3) is 0.250. The van der Waals surface area contributed by atoms with E-state index in [1.54, 1.807) is 22.7 Å². The summed E-state index contributed by atoms with van der Waals surface area (Å²) in [6.45, 7) is 1.30. The predicted molar refractivity (Wildman–Crippen MR) is 93.8 cm³/mol. The molecule has 0 bridgehead atoms. The lowest BCUT2D eigenvalue weighted by Crippen LogP contribution is -2.28. The predicted octanol–water partition coefficient (Wildman–Crippen LogP) is 3.52. The summed E-state index contributed by atoms with van der Waals surface area (Å²) in [5.41, 5.74) is 1.01. The van der Waals surface area contributed by atoms with Gasteiger partial charge in [-0.15, -0.1) is 11.3 Å². The van der Waals surface area contributed by atoms with Gasteiger partial charge in [0, 0.05) is 24.4 Å². The van der Waals surface area contributed by atoms with E-state index >= 15 is 0 Å². The maximum atomic E-state index is 11.7. The summed E-state index contributed by atoms with van der Waals surface area (Å²) in [5.74, 6) is 0.0968. The van der Waals surface area contributed by atoms with Gasteiger partial charge in [0.05, 0.1) is 10.2 Å². The van der Waals surface area contributed by atoms with Gasteiger partial charge in [-0.25, -0.2) is 4.98 Å². The summed E-state index contributed by atoms with van der Waals surface area (Å²) >= 11 is 3.32. The van der Waals surface area contributed by atoms with Crippen LogP contribution in [0.25, 0.3) is 10.2 Å².